The average molecular weight is 309 g/mol. The van der Waals surface area contributed by atoms with Crippen LogP contribution in [0.15, 0.2) is 47.4 Å². The smallest absolute Gasteiger partial charge is 0.249 e. The molecule has 0 heterocycles. The summed E-state index contributed by atoms with van der Waals surface area (Å²) in [7, 11) is -1.45. The van der Waals surface area contributed by atoms with E-state index in [1.165, 1.54) is 0 Å². The highest BCUT2D eigenvalue weighted by Crippen LogP contribution is 2.27. The Kier molecular flexibility index (Phi) is 4.42. The van der Waals surface area contributed by atoms with E-state index in [9.17, 15) is 9.00 Å². The Hall–Kier alpha value is -1.85. The molecule has 0 aliphatic heterocycles. The van der Waals surface area contributed by atoms with Gasteiger partial charge < -0.3 is 11.5 Å². The Morgan fingerprint density at radius 2 is 1.85 bits per heavy atom. The second kappa shape index (κ2) is 6.07. The highest BCUT2D eigenvalue weighted by atomic mass is 35.5. The molecule has 2 aromatic carbocycles. The Morgan fingerprint density at radius 3 is 2.50 bits per heavy atom. The quantitative estimate of drug-likeness (QED) is 0.850. The van der Waals surface area contributed by atoms with E-state index in [0.717, 1.165) is 0 Å². The number of hydrogen-bond donors (Lipinski definition) is 2. The summed E-state index contributed by atoms with van der Waals surface area (Å²) in [5, 5.41) is 0.347. The summed E-state index contributed by atoms with van der Waals surface area (Å²) in [5.41, 5.74) is 12.4. The molecule has 2 rings (SSSR count). The maximum atomic E-state index is 12.4. The van der Waals surface area contributed by atoms with Crippen molar-refractivity contribution in [1.29, 1.82) is 0 Å². The second-order valence-electron chi connectivity index (χ2n) is 4.17. The van der Waals surface area contributed by atoms with Crippen LogP contribution in [0, 0.1) is 0 Å². The average Bonchev–Trinajstić information content (AvgIpc) is 2.38. The van der Waals surface area contributed by atoms with Crippen LogP contribution >= 0.6 is 11.6 Å². The van der Waals surface area contributed by atoms with Crippen molar-refractivity contribution in [2.45, 2.75) is 10.6 Å². The van der Waals surface area contributed by atoms with Crippen LogP contribution in [0.2, 0.25) is 5.02 Å². The fraction of sp³-hybridized carbons (Fsp3) is 0.0714. The SMILES string of the molecule is NC(=O)c1ccccc1CS(=O)c1c(N)cccc1Cl. The topological polar surface area (TPSA) is 86.2 Å². The van der Waals surface area contributed by atoms with Crippen LogP contribution in [0.4, 0.5) is 5.69 Å². The number of hydrogen-bond acceptors (Lipinski definition) is 3. The highest BCUT2D eigenvalue weighted by molar-refractivity contribution is 7.84. The molecule has 4 N–H and O–H groups in total. The lowest BCUT2D eigenvalue weighted by atomic mass is 10.1. The van der Waals surface area contributed by atoms with Crippen molar-refractivity contribution in [3.63, 3.8) is 0 Å². The third-order valence-corrected chi connectivity index (χ3v) is 4.71. The van der Waals surface area contributed by atoms with Crippen LogP contribution in [0.25, 0.3) is 0 Å². The molecule has 0 aliphatic rings. The number of nitrogens with two attached hydrogens (primary N) is 2. The lowest BCUT2D eigenvalue weighted by Crippen LogP contribution is -2.14. The largest absolute Gasteiger partial charge is 0.398 e. The fourth-order valence-corrected chi connectivity index (χ4v) is 3.60. The predicted octanol–water partition coefficient (Wildman–Crippen LogP) is 2.33. The van der Waals surface area contributed by atoms with Crippen molar-refractivity contribution in [2.24, 2.45) is 5.73 Å². The summed E-state index contributed by atoms with van der Waals surface area (Å²) < 4.78 is 12.4. The number of rotatable bonds is 4. The zero-order chi connectivity index (χ0) is 14.7. The van der Waals surface area contributed by atoms with Gasteiger partial charge in [0, 0.05) is 11.3 Å². The third kappa shape index (κ3) is 3.00. The Balaban J connectivity index is 2.36. The van der Waals surface area contributed by atoms with Gasteiger partial charge in [-0.15, -0.1) is 0 Å². The first-order valence-corrected chi connectivity index (χ1v) is 7.50. The number of anilines is 1. The molecule has 6 heteroatoms. The Labute approximate surface area is 124 Å². The molecule has 2 aromatic rings. The minimum absolute atomic E-state index is 0.132. The molecule has 4 nitrogen and oxygen atoms in total. The van der Waals surface area contributed by atoms with E-state index in [2.05, 4.69) is 0 Å². The van der Waals surface area contributed by atoms with E-state index in [0.29, 0.717) is 26.7 Å². The standard InChI is InChI=1S/C14H13ClN2O2S/c15-11-6-3-7-12(16)13(11)20(19)8-9-4-1-2-5-10(9)14(17)18/h1-7H,8,16H2,(H2,17,18). The lowest BCUT2D eigenvalue weighted by molar-refractivity contribution is 0.0999. The van der Waals surface area contributed by atoms with E-state index in [-0.39, 0.29) is 5.75 Å². The van der Waals surface area contributed by atoms with E-state index in [1.54, 1.807) is 42.5 Å². The first kappa shape index (κ1) is 14.6. The summed E-state index contributed by atoms with van der Waals surface area (Å²) in [6.45, 7) is 0. The Morgan fingerprint density at radius 1 is 1.15 bits per heavy atom. The van der Waals surface area contributed by atoms with Gasteiger partial charge in [-0.05, 0) is 23.8 Å². The van der Waals surface area contributed by atoms with E-state index >= 15 is 0 Å². The number of carbonyl (C=O) groups is 1. The summed E-state index contributed by atoms with van der Waals surface area (Å²) in [6.07, 6.45) is 0. The van der Waals surface area contributed by atoms with Crippen molar-refractivity contribution in [3.8, 4) is 0 Å². The molecule has 1 amide bonds. The third-order valence-electron chi connectivity index (χ3n) is 2.79. The van der Waals surface area contributed by atoms with Gasteiger partial charge in [0.25, 0.3) is 0 Å². The molecule has 0 radical (unpaired) electrons. The van der Waals surface area contributed by atoms with Crippen molar-refractivity contribution in [2.75, 3.05) is 5.73 Å². The van der Waals surface area contributed by atoms with Crippen LogP contribution < -0.4 is 11.5 Å². The molecule has 0 fully saturated rings. The van der Waals surface area contributed by atoms with Gasteiger partial charge in [-0.3, -0.25) is 9.00 Å². The van der Waals surface area contributed by atoms with Gasteiger partial charge >= 0.3 is 0 Å². The maximum Gasteiger partial charge on any atom is 0.249 e. The van der Waals surface area contributed by atoms with Crippen molar-refractivity contribution in [3.05, 3.63) is 58.6 Å². The number of carbonyl (C=O) groups excluding carboxylic acids is 1. The van der Waals surface area contributed by atoms with Gasteiger partial charge in [0.2, 0.25) is 5.91 Å². The van der Waals surface area contributed by atoms with Crippen molar-refractivity contribution < 1.29 is 9.00 Å². The van der Waals surface area contributed by atoms with E-state index in [1.807, 2.05) is 0 Å². The molecular weight excluding hydrogens is 296 g/mol. The fourth-order valence-electron chi connectivity index (χ4n) is 1.87. The molecular formula is C14H13ClN2O2S. The van der Waals surface area contributed by atoms with Gasteiger partial charge in [-0.1, -0.05) is 35.9 Å². The van der Waals surface area contributed by atoms with Gasteiger partial charge in [-0.25, -0.2) is 0 Å². The monoisotopic (exact) mass is 308 g/mol. The van der Waals surface area contributed by atoms with Crippen molar-refractivity contribution in [1.82, 2.24) is 0 Å². The van der Waals surface area contributed by atoms with Crippen molar-refractivity contribution >= 4 is 34.0 Å². The normalized spacial score (nSPS) is 12.1. The molecule has 0 saturated carbocycles. The first-order chi connectivity index (χ1) is 9.50. The van der Waals surface area contributed by atoms with Crippen LogP contribution in [0.5, 0.6) is 0 Å². The van der Waals surface area contributed by atoms with E-state index in [4.69, 9.17) is 23.1 Å². The first-order valence-electron chi connectivity index (χ1n) is 5.80. The molecule has 0 saturated heterocycles. The number of halogens is 1. The molecule has 0 aliphatic carbocycles. The van der Waals surface area contributed by atoms with Crippen LogP contribution in [0.1, 0.15) is 15.9 Å². The number of benzene rings is 2. The molecule has 0 bridgehead atoms. The van der Waals surface area contributed by atoms with Crippen LogP contribution in [-0.2, 0) is 16.6 Å². The summed E-state index contributed by atoms with van der Waals surface area (Å²) in [5.74, 6) is -0.419. The zero-order valence-corrected chi connectivity index (χ0v) is 12.1. The molecule has 20 heavy (non-hydrogen) atoms. The number of primary amides is 1. The lowest BCUT2D eigenvalue weighted by Gasteiger charge is -2.10. The summed E-state index contributed by atoms with van der Waals surface area (Å²) >= 11 is 6.03. The van der Waals surface area contributed by atoms with Gasteiger partial charge in [-0.2, -0.15) is 0 Å². The Bertz CT molecular complexity index is 668. The predicted molar refractivity (Wildman–Crippen MR) is 80.9 cm³/mol. The van der Waals surface area contributed by atoms with Gasteiger partial charge in [0.05, 0.1) is 26.5 Å². The second-order valence-corrected chi connectivity index (χ2v) is 5.96. The highest BCUT2D eigenvalue weighted by Gasteiger charge is 2.16. The molecule has 104 valence electrons. The van der Waals surface area contributed by atoms with Crippen LogP contribution in [-0.4, -0.2) is 10.1 Å². The van der Waals surface area contributed by atoms with Gasteiger partial charge in [0.15, 0.2) is 0 Å². The minimum Gasteiger partial charge on any atom is -0.398 e. The van der Waals surface area contributed by atoms with E-state index < -0.39 is 16.7 Å². The van der Waals surface area contributed by atoms with Crippen LogP contribution in [0.3, 0.4) is 0 Å². The maximum absolute atomic E-state index is 12.4. The molecule has 0 aromatic heterocycles. The minimum atomic E-state index is -1.45. The molecule has 0 spiro atoms. The number of amides is 1. The van der Waals surface area contributed by atoms with Gasteiger partial charge in [0.1, 0.15) is 0 Å². The molecule has 1 atom stereocenters. The molecule has 1 unspecified atom stereocenters. The number of nitrogen functional groups attached to an aromatic ring is 1. The summed E-state index contributed by atoms with van der Waals surface area (Å²) in [4.78, 5) is 11.7. The zero-order valence-electron chi connectivity index (χ0n) is 10.5. The summed E-state index contributed by atoms with van der Waals surface area (Å²) in [6, 6.07) is 11.7.